The van der Waals surface area contributed by atoms with Gasteiger partial charge in [-0.2, -0.15) is 0 Å². The molecule has 0 aliphatic carbocycles. The number of thioether (sulfide) groups is 1. The molecule has 3 aromatic rings. The highest BCUT2D eigenvalue weighted by Gasteiger charge is 2.37. The predicted molar refractivity (Wildman–Crippen MR) is 98.4 cm³/mol. The molecular weight excluding hydrogens is 332 g/mol. The molecule has 0 unspecified atom stereocenters. The van der Waals surface area contributed by atoms with Gasteiger partial charge in [-0.05, 0) is 5.56 Å². The number of aryl methyl sites for hydroxylation is 1. The standard InChI is InChI=1S/C19H18N4OS/c1-2-15-20-21-19-23(15)22-16(13-9-5-3-6-10-13)18(25-19)17(24)14-11-7-4-8-12-14/h3-12,16,18,22H,2H2,1H3/t16-,18-/m1/s1. The minimum Gasteiger partial charge on any atom is -0.313 e. The average molecular weight is 350 g/mol. The summed E-state index contributed by atoms with van der Waals surface area (Å²) >= 11 is 1.48. The molecule has 0 spiro atoms. The SMILES string of the molecule is CCc1nnc2n1N[C@H](c1ccccc1)[C@H](C(=O)c1ccccc1)S2. The number of nitrogens with zero attached hydrogens (tertiary/aromatic N) is 3. The van der Waals surface area contributed by atoms with Crippen LogP contribution < -0.4 is 5.43 Å². The molecule has 2 heterocycles. The van der Waals surface area contributed by atoms with Crippen LogP contribution in [0, 0.1) is 0 Å². The van der Waals surface area contributed by atoms with E-state index >= 15 is 0 Å². The van der Waals surface area contributed by atoms with Crippen molar-refractivity contribution < 1.29 is 4.79 Å². The number of hydrogen-bond acceptors (Lipinski definition) is 5. The second-order valence-electron chi connectivity index (χ2n) is 5.87. The minimum absolute atomic E-state index is 0.0965. The van der Waals surface area contributed by atoms with Crippen LogP contribution in [-0.2, 0) is 6.42 Å². The first-order valence-electron chi connectivity index (χ1n) is 8.29. The lowest BCUT2D eigenvalue weighted by molar-refractivity contribution is 0.0980. The van der Waals surface area contributed by atoms with E-state index in [2.05, 4.69) is 15.6 Å². The molecule has 0 amide bonds. The molecule has 0 saturated carbocycles. The molecule has 0 radical (unpaired) electrons. The van der Waals surface area contributed by atoms with E-state index in [4.69, 9.17) is 0 Å². The van der Waals surface area contributed by atoms with Crippen molar-refractivity contribution in [3.05, 3.63) is 77.6 Å². The summed E-state index contributed by atoms with van der Waals surface area (Å²) in [6.07, 6.45) is 0.777. The maximum Gasteiger partial charge on any atom is 0.210 e. The van der Waals surface area contributed by atoms with Crippen LogP contribution in [0.25, 0.3) is 0 Å². The van der Waals surface area contributed by atoms with Gasteiger partial charge in [-0.3, -0.25) is 4.79 Å². The normalized spacial score (nSPS) is 19.1. The molecule has 1 N–H and O–H groups in total. The number of fused-ring (bicyclic) bond motifs is 1. The Labute approximate surface area is 150 Å². The van der Waals surface area contributed by atoms with Gasteiger partial charge >= 0.3 is 0 Å². The maximum absolute atomic E-state index is 13.2. The Morgan fingerprint density at radius 2 is 1.76 bits per heavy atom. The third-order valence-corrected chi connectivity index (χ3v) is 5.51. The Morgan fingerprint density at radius 3 is 2.44 bits per heavy atom. The first-order chi connectivity index (χ1) is 12.3. The molecule has 4 rings (SSSR count). The number of nitrogens with one attached hydrogen (secondary N) is 1. The Bertz CT molecular complexity index is 879. The minimum atomic E-state index is -0.300. The number of aromatic nitrogens is 3. The van der Waals surface area contributed by atoms with Crippen LogP contribution >= 0.6 is 11.8 Å². The van der Waals surface area contributed by atoms with Crippen molar-refractivity contribution in [1.29, 1.82) is 0 Å². The average Bonchev–Trinajstić information content (AvgIpc) is 3.10. The summed E-state index contributed by atoms with van der Waals surface area (Å²) in [7, 11) is 0. The summed E-state index contributed by atoms with van der Waals surface area (Å²) in [5.41, 5.74) is 5.25. The van der Waals surface area contributed by atoms with Gasteiger partial charge in [0, 0.05) is 12.0 Å². The van der Waals surface area contributed by atoms with Crippen molar-refractivity contribution in [2.75, 3.05) is 5.43 Å². The predicted octanol–water partition coefficient (Wildman–Crippen LogP) is 3.48. The summed E-state index contributed by atoms with van der Waals surface area (Å²) in [4.78, 5) is 13.2. The van der Waals surface area contributed by atoms with Gasteiger partial charge in [0.1, 0.15) is 5.25 Å². The molecule has 1 aromatic heterocycles. The van der Waals surface area contributed by atoms with E-state index in [1.807, 2.05) is 72.3 Å². The molecule has 6 heteroatoms. The van der Waals surface area contributed by atoms with E-state index in [1.165, 1.54) is 11.8 Å². The number of ketones is 1. The summed E-state index contributed by atoms with van der Waals surface area (Å²) in [5.74, 6) is 0.966. The van der Waals surface area contributed by atoms with Crippen LogP contribution in [0.3, 0.4) is 0 Å². The number of Topliss-reactive ketones (excluding diaryl/α,β-unsaturated/α-hetero) is 1. The van der Waals surface area contributed by atoms with Gasteiger partial charge < -0.3 is 5.43 Å². The lowest BCUT2D eigenvalue weighted by Gasteiger charge is -2.33. The monoisotopic (exact) mass is 350 g/mol. The van der Waals surface area contributed by atoms with Gasteiger partial charge in [-0.25, -0.2) is 4.68 Å². The molecule has 0 saturated heterocycles. The lowest BCUT2D eigenvalue weighted by atomic mass is 9.97. The van der Waals surface area contributed by atoms with Crippen LogP contribution in [0.4, 0.5) is 0 Å². The number of benzene rings is 2. The molecule has 126 valence electrons. The molecule has 5 nitrogen and oxygen atoms in total. The molecule has 1 aliphatic rings. The molecule has 1 aliphatic heterocycles. The molecule has 2 aromatic carbocycles. The molecule has 0 bridgehead atoms. The van der Waals surface area contributed by atoms with Crippen LogP contribution in [0.5, 0.6) is 0 Å². The Kier molecular flexibility index (Phi) is 4.28. The van der Waals surface area contributed by atoms with Crippen molar-refractivity contribution in [2.45, 2.75) is 29.8 Å². The van der Waals surface area contributed by atoms with Gasteiger partial charge in [0.05, 0.1) is 6.04 Å². The van der Waals surface area contributed by atoms with E-state index in [0.29, 0.717) is 5.56 Å². The van der Waals surface area contributed by atoms with Gasteiger partial charge in [-0.1, -0.05) is 79.3 Å². The zero-order valence-electron chi connectivity index (χ0n) is 13.8. The van der Waals surface area contributed by atoms with E-state index in [0.717, 1.165) is 23.0 Å². The lowest BCUT2D eigenvalue weighted by Crippen LogP contribution is -2.39. The molecular formula is C19H18N4OS. The van der Waals surface area contributed by atoms with E-state index < -0.39 is 0 Å². The van der Waals surface area contributed by atoms with Crippen LogP contribution in [0.15, 0.2) is 65.8 Å². The first-order valence-corrected chi connectivity index (χ1v) is 9.17. The van der Waals surface area contributed by atoms with Crippen molar-refractivity contribution in [2.24, 2.45) is 0 Å². The highest BCUT2D eigenvalue weighted by Crippen LogP contribution is 2.38. The number of rotatable bonds is 4. The van der Waals surface area contributed by atoms with Crippen molar-refractivity contribution in [3.8, 4) is 0 Å². The van der Waals surface area contributed by atoms with Crippen LogP contribution in [0.1, 0.15) is 34.7 Å². The van der Waals surface area contributed by atoms with Crippen molar-refractivity contribution >= 4 is 17.5 Å². The van der Waals surface area contributed by atoms with Gasteiger partial charge in [-0.15, -0.1) is 10.2 Å². The summed E-state index contributed by atoms with van der Waals surface area (Å²) < 4.78 is 1.91. The highest BCUT2D eigenvalue weighted by molar-refractivity contribution is 8.00. The highest BCUT2D eigenvalue weighted by atomic mass is 32.2. The Balaban J connectivity index is 1.76. The fourth-order valence-corrected chi connectivity index (χ4v) is 4.18. The van der Waals surface area contributed by atoms with Crippen LogP contribution in [-0.4, -0.2) is 25.9 Å². The fraction of sp³-hybridized carbons (Fsp3) is 0.211. The second-order valence-corrected chi connectivity index (χ2v) is 6.98. The summed E-state index contributed by atoms with van der Waals surface area (Å²) in [6.45, 7) is 2.04. The summed E-state index contributed by atoms with van der Waals surface area (Å²) in [5, 5.41) is 8.91. The fourth-order valence-electron chi connectivity index (χ4n) is 3.00. The Morgan fingerprint density at radius 1 is 1.08 bits per heavy atom. The smallest absolute Gasteiger partial charge is 0.210 e. The number of carbonyl (C=O) groups is 1. The van der Waals surface area contributed by atoms with Crippen molar-refractivity contribution in [1.82, 2.24) is 14.9 Å². The first kappa shape index (κ1) is 15.9. The quantitative estimate of drug-likeness (QED) is 0.730. The van der Waals surface area contributed by atoms with Gasteiger partial charge in [0.15, 0.2) is 11.6 Å². The zero-order chi connectivity index (χ0) is 17.2. The van der Waals surface area contributed by atoms with Crippen molar-refractivity contribution in [3.63, 3.8) is 0 Å². The number of carbonyl (C=O) groups excluding carboxylic acids is 1. The molecule has 0 fully saturated rings. The maximum atomic E-state index is 13.2. The third-order valence-electron chi connectivity index (χ3n) is 4.30. The van der Waals surface area contributed by atoms with Crippen LogP contribution in [0.2, 0.25) is 0 Å². The van der Waals surface area contributed by atoms with E-state index in [1.54, 1.807) is 0 Å². The Hall–Kier alpha value is -2.60. The van der Waals surface area contributed by atoms with E-state index in [9.17, 15) is 4.79 Å². The zero-order valence-corrected chi connectivity index (χ0v) is 14.6. The molecule has 25 heavy (non-hydrogen) atoms. The third kappa shape index (κ3) is 2.93. The van der Waals surface area contributed by atoms with E-state index in [-0.39, 0.29) is 17.1 Å². The van der Waals surface area contributed by atoms with Gasteiger partial charge in [0.2, 0.25) is 5.16 Å². The molecule has 2 atom stereocenters. The second kappa shape index (κ2) is 6.72. The number of hydrogen-bond donors (Lipinski definition) is 1. The largest absolute Gasteiger partial charge is 0.313 e. The summed E-state index contributed by atoms with van der Waals surface area (Å²) in [6, 6.07) is 19.3. The van der Waals surface area contributed by atoms with Gasteiger partial charge in [0.25, 0.3) is 0 Å². The topological polar surface area (TPSA) is 59.8 Å².